The zero-order valence-electron chi connectivity index (χ0n) is 12.2. The molecular weight excluding hydrogens is 244 g/mol. The molecule has 19 heavy (non-hydrogen) atoms. The minimum atomic E-state index is -0.472. The number of carbonyl (C=O) groups excluding carboxylic acids is 1. The summed E-state index contributed by atoms with van der Waals surface area (Å²) in [5.74, 6) is 0.960. The van der Waals surface area contributed by atoms with Crippen molar-refractivity contribution in [3.8, 4) is 11.5 Å². The molecule has 1 atom stereocenters. The molecule has 0 N–H and O–H groups in total. The molecule has 1 unspecified atom stereocenters. The molecule has 4 heteroatoms. The highest BCUT2D eigenvalue weighted by atomic mass is 16.7. The van der Waals surface area contributed by atoms with Gasteiger partial charge in [0.15, 0.2) is 6.29 Å². The molecule has 0 aliphatic rings. The Kier molecular flexibility index (Phi) is 5.36. The fraction of sp³-hybridized carbons (Fsp3) is 0.533. The molecule has 0 aromatic heterocycles. The van der Waals surface area contributed by atoms with Crippen molar-refractivity contribution in [2.75, 3.05) is 7.11 Å². The van der Waals surface area contributed by atoms with Crippen molar-refractivity contribution in [2.24, 2.45) is 5.41 Å². The van der Waals surface area contributed by atoms with Crippen molar-refractivity contribution in [3.63, 3.8) is 0 Å². The summed E-state index contributed by atoms with van der Waals surface area (Å²) in [5, 5.41) is 0. The lowest BCUT2D eigenvalue weighted by atomic mass is 9.91. The van der Waals surface area contributed by atoms with Crippen LogP contribution in [0.25, 0.3) is 0 Å². The van der Waals surface area contributed by atoms with Gasteiger partial charge in [-0.3, -0.25) is 4.79 Å². The number of carbonyl (C=O) groups is 1. The first-order chi connectivity index (χ1) is 8.89. The van der Waals surface area contributed by atoms with Gasteiger partial charge in [0.25, 0.3) is 0 Å². The van der Waals surface area contributed by atoms with Crippen LogP contribution in [0.4, 0.5) is 0 Å². The summed E-state index contributed by atoms with van der Waals surface area (Å²) in [4.78, 5) is 11.9. The first-order valence-corrected chi connectivity index (χ1v) is 6.41. The largest absolute Gasteiger partial charge is 0.465 e. The van der Waals surface area contributed by atoms with E-state index >= 15 is 0 Å². The standard InChI is InChI=1S/C15H22O4/c1-6-15(3,4)14(16)19-13-9-7-12(8-10-13)18-11(2)17-5/h7-11H,6H2,1-5H3. The summed E-state index contributed by atoms with van der Waals surface area (Å²) < 4.78 is 15.8. The topological polar surface area (TPSA) is 44.8 Å². The van der Waals surface area contributed by atoms with E-state index in [2.05, 4.69) is 0 Å². The highest BCUT2D eigenvalue weighted by Gasteiger charge is 2.27. The smallest absolute Gasteiger partial charge is 0.316 e. The van der Waals surface area contributed by atoms with Gasteiger partial charge in [-0.2, -0.15) is 0 Å². The Morgan fingerprint density at radius 2 is 1.74 bits per heavy atom. The summed E-state index contributed by atoms with van der Waals surface area (Å²) in [5.41, 5.74) is -0.472. The molecule has 0 saturated heterocycles. The molecule has 1 rings (SSSR count). The minimum Gasteiger partial charge on any atom is -0.465 e. The van der Waals surface area contributed by atoms with E-state index in [1.807, 2.05) is 20.8 Å². The van der Waals surface area contributed by atoms with Crippen LogP contribution in [0.2, 0.25) is 0 Å². The van der Waals surface area contributed by atoms with Gasteiger partial charge in [-0.1, -0.05) is 6.92 Å². The number of hydrogen-bond donors (Lipinski definition) is 0. The van der Waals surface area contributed by atoms with Crippen LogP contribution >= 0.6 is 0 Å². The molecule has 106 valence electrons. The maximum absolute atomic E-state index is 11.9. The highest BCUT2D eigenvalue weighted by Crippen LogP contribution is 2.25. The number of methoxy groups -OCH3 is 1. The number of benzene rings is 1. The molecule has 0 spiro atoms. The third-order valence-electron chi connectivity index (χ3n) is 3.10. The van der Waals surface area contributed by atoms with Gasteiger partial charge in [-0.05, 0) is 51.5 Å². The maximum Gasteiger partial charge on any atom is 0.316 e. The van der Waals surface area contributed by atoms with Gasteiger partial charge in [0.1, 0.15) is 11.5 Å². The predicted molar refractivity (Wildman–Crippen MR) is 73.2 cm³/mol. The second-order valence-electron chi connectivity index (χ2n) is 5.02. The molecule has 1 aromatic carbocycles. The molecule has 4 nitrogen and oxygen atoms in total. The molecule has 1 aromatic rings. The molecule has 0 saturated carbocycles. The van der Waals surface area contributed by atoms with Crippen molar-refractivity contribution in [1.29, 1.82) is 0 Å². The molecule has 0 radical (unpaired) electrons. The maximum atomic E-state index is 11.9. The average Bonchev–Trinajstić information content (AvgIpc) is 2.40. The van der Waals surface area contributed by atoms with Crippen LogP contribution in [0, 0.1) is 5.41 Å². The van der Waals surface area contributed by atoms with Crippen molar-refractivity contribution < 1.29 is 19.0 Å². The van der Waals surface area contributed by atoms with E-state index in [0.29, 0.717) is 11.5 Å². The van der Waals surface area contributed by atoms with Gasteiger partial charge in [0, 0.05) is 7.11 Å². The average molecular weight is 266 g/mol. The quantitative estimate of drug-likeness (QED) is 0.450. The van der Waals surface area contributed by atoms with Crippen molar-refractivity contribution in [2.45, 2.75) is 40.4 Å². The molecule has 0 fully saturated rings. The van der Waals surface area contributed by atoms with Crippen LogP contribution in [-0.2, 0) is 9.53 Å². The summed E-state index contributed by atoms with van der Waals surface area (Å²) in [7, 11) is 1.58. The summed E-state index contributed by atoms with van der Waals surface area (Å²) in [6.07, 6.45) is 0.422. The minimum absolute atomic E-state index is 0.228. The number of ether oxygens (including phenoxy) is 3. The van der Waals surface area contributed by atoms with E-state index in [9.17, 15) is 4.79 Å². The Morgan fingerprint density at radius 3 is 2.21 bits per heavy atom. The van der Waals surface area contributed by atoms with Crippen molar-refractivity contribution in [3.05, 3.63) is 24.3 Å². The third-order valence-corrected chi connectivity index (χ3v) is 3.10. The van der Waals surface area contributed by atoms with Crippen LogP contribution in [0.3, 0.4) is 0 Å². The zero-order valence-corrected chi connectivity index (χ0v) is 12.2. The summed E-state index contributed by atoms with van der Waals surface area (Å²) >= 11 is 0. The van der Waals surface area contributed by atoms with E-state index < -0.39 is 5.41 Å². The van der Waals surface area contributed by atoms with E-state index in [1.54, 1.807) is 38.3 Å². The lowest BCUT2D eigenvalue weighted by molar-refractivity contribution is -0.144. The second kappa shape index (κ2) is 6.57. The van der Waals surface area contributed by atoms with Crippen LogP contribution in [0.1, 0.15) is 34.1 Å². The second-order valence-corrected chi connectivity index (χ2v) is 5.02. The molecule has 0 aliphatic heterocycles. The predicted octanol–water partition coefficient (Wildman–Crippen LogP) is 3.40. The van der Waals surface area contributed by atoms with E-state index in [1.165, 1.54) is 0 Å². The van der Waals surface area contributed by atoms with Gasteiger partial charge in [0.05, 0.1) is 5.41 Å². The SMILES string of the molecule is CCC(C)(C)C(=O)Oc1ccc(OC(C)OC)cc1. The van der Waals surface area contributed by atoms with E-state index in [4.69, 9.17) is 14.2 Å². The van der Waals surface area contributed by atoms with Crippen molar-refractivity contribution in [1.82, 2.24) is 0 Å². The normalized spacial score (nSPS) is 12.9. The van der Waals surface area contributed by atoms with Gasteiger partial charge >= 0.3 is 5.97 Å². The van der Waals surface area contributed by atoms with Gasteiger partial charge in [0.2, 0.25) is 0 Å². The number of esters is 1. The Balaban J connectivity index is 2.65. The fourth-order valence-electron chi connectivity index (χ4n) is 1.22. The molecule has 0 aliphatic carbocycles. The third kappa shape index (κ3) is 4.56. The molecular formula is C15H22O4. The molecule has 0 amide bonds. The lowest BCUT2D eigenvalue weighted by Gasteiger charge is -2.20. The van der Waals surface area contributed by atoms with Gasteiger partial charge in [-0.15, -0.1) is 0 Å². The first kappa shape index (κ1) is 15.5. The fourth-order valence-corrected chi connectivity index (χ4v) is 1.22. The van der Waals surface area contributed by atoms with Crippen LogP contribution in [-0.4, -0.2) is 19.4 Å². The Morgan fingerprint density at radius 1 is 1.21 bits per heavy atom. The number of rotatable bonds is 6. The van der Waals surface area contributed by atoms with Crippen LogP contribution < -0.4 is 9.47 Å². The van der Waals surface area contributed by atoms with E-state index in [0.717, 1.165) is 6.42 Å². The Hall–Kier alpha value is -1.55. The van der Waals surface area contributed by atoms with Gasteiger partial charge in [-0.25, -0.2) is 0 Å². The van der Waals surface area contributed by atoms with E-state index in [-0.39, 0.29) is 12.3 Å². The highest BCUT2D eigenvalue weighted by molar-refractivity contribution is 5.78. The van der Waals surface area contributed by atoms with Crippen molar-refractivity contribution >= 4 is 5.97 Å². The first-order valence-electron chi connectivity index (χ1n) is 6.41. The monoisotopic (exact) mass is 266 g/mol. The summed E-state index contributed by atoms with van der Waals surface area (Å²) in [6.45, 7) is 7.50. The Bertz CT molecular complexity index is 409. The zero-order chi connectivity index (χ0) is 14.5. The summed E-state index contributed by atoms with van der Waals surface area (Å²) in [6, 6.07) is 6.91. The molecule has 0 bridgehead atoms. The van der Waals surface area contributed by atoms with Crippen LogP contribution in [0.5, 0.6) is 11.5 Å². The van der Waals surface area contributed by atoms with Gasteiger partial charge < -0.3 is 14.2 Å². The number of hydrogen-bond acceptors (Lipinski definition) is 4. The van der Waals surface area contributed by atoms with Crippen LogP contribution in [0.15, 0.2) is 24.3 Å². The molecule has 0 heterocycles. The Labute approximate surface area is 114 Å². The lowest BCUT2D eigenvalue weighted by Crippen LogP contribution is -2.28.